The van der Waals surface area contributed by atoms with Crippen LogP contribution in [0.1, 0.15) is 45.1 Å². The molecule has 2 aliphatic rings. The van der Waals surface area contributed by atoms with Crippen molar-refractivity contribution in [2.24, 2.45) is 17.8 Å². The van der Waals surface area contributed by atoms with E-state index in [4.69, 9.17) is 0 Å². The molecule has 0 spiro atoms. The summed E-state index contributed by atoms with van der Waals surface area (Å²) in [5, 5.41) is 3.73. The predicted octanol–water partition coefficient (Wildman–Crippen LogP) is 4.82. The second-order valence-electron chi connectivity index (χ2n) is 6.66. The summed E-state index contributed by atoms with van der Waals surface area (Å²) in [7, 11) is 0. The van der Waals surface area contributed by atoms with Gasteiger partial charge in [0.15, 0.2) is 0 Å². The highest BCUT2D eigenvalue weighted by Gasteiger charge is 2.38. The van der Waals surface area contributed by atoms with E-state index < -0.39 is 0 Å². The van der Waals surface area contributed by atoms with Crippen LogP contribution in [0.15, 0.2) is 36.4 Å². The van der Waals surface area contributed by atoms with Gasteiger partial charge in [-0.2, -0.15) is 0 Å². The maximum atomic E-state index is 3.73. The Hall–Kier alpha value is -1.24. The largest absolute Gasteiger partial charge is 0.382 e. The average molecular weight is 255 g/mol. The van der Waals surface area contributed by atoms with Crippen molar-refractivity contribution in [1.29, 1.82) is 0 Å². The van der Waals surface area contributed by atoms with E-state index >= 15 is 0 Å². The van der Waals surface area contributed by atoms with Gasteiger partial charge in [0.25, 0.3) is 0 Å². The van der Waals surface area contributed by atoms with Crippen LogP contribution in [0.5, 0.6) is 0 Å². The smallest absolute Gasteiger partial charge is 0.0345 e. The minimum absolute atomic E-state index is 0.572. The van der Waals surface area contributed by atoms with E-state index in [9.17, 15) is 0 Å². The standard InChI is InChI=1S/C18H25N/c1-12(2)15-5-4-6-17(11-15)19-13(3)18-10-14-7-8-16(18)9-14/h4-8,11-14,16,18-19H,9-10H2,1-3H3. The van der Waals surface area contributed by atoms with Crippen molar-refractivity contribution in [2.45, 2.75) is 45.6 Å². The molecule has 0 saturated heterocycles. The quantitative estimate of drug-likeness (QED) is 0.760. The van der Waals surface area contributed by atoms with E-state index in [0.29, 0.717) is 12.0 Å². The van der Waals surface area contributed by atoms with Crippen LogP contribution >= 0.6 is 0 Å². The number of hydrogen-bond acceptors (Lipinski definition) is 1. The Bertz CT molecular complexity index is 474. The van der Waals surface area contributed by atoms with Crippen LogP contribution in [-0.2, 0) is 0 Å². The van der Waals surface area contributed by atoms with Gasteiger partial charge in [0.2, 0.25) is 0 Å². The molecule has 1 heteroatoms. The van der Waals surface area contributed by atoms with Crippen LogP contribution in [0.4, 0.5) is 5.69 Å². The maximum Gasteiger partial charge on any atom is 0.0345 e. The topological polar surface area (TPSA) is 12.0 Å². The monoisotopic (exact) mass is 255 g/mol. The number of benzene rings is 1. The maximum absolute atomic E-state index is 3.73. The molecule has 1 nitrogen and oxygen atoms in total. The third-order valence-corrected chi connectivity index (χ3v) is 4.92. The molecule has 4 unspecified atom stereocenters. The molecule has 1 aromatic carbocycles. The number of nitrogens with one attached hydrogen (secondary N) is 1. The summed E-state index contributed by atoms with van der Waals surface area (Å²) in [6.07, 6.45) is 7.64. The lowest BCUT2D eigenvalue weighted by molar-refractivity contribution is 0.400. The van der Waals surface area contributed by atoms with E-state index in [-0.39, 0.29) is 0 Å². The molecule has 2 aliphatic carbocycles. The Morgan fingerprint density at radius 3 is 2.58 bits per heavy atom. The van der Waals surface area contributed by atoms with E-state index in [1.807, 2.05) is 0 Å². The molecule has 0 heterocycles. The van der Waals surface area contributed by atoms with Crippen molar-refractivity contribution in [3.8, 4) is 0 Å². The van der Waals surface area contributed by atoms with Gasteiger partial charge in [-0.3, -0.25) is 0 Å². The second kappa shape index (κ2) is 5.03. The zero-order chi connectivity index (χ0) is 13.4. The minimum atomic E-state index is 0.572. The third-order valence-electron chi connectivity index (χ3n) is 4.92. The summed E-state index contributed by atoms with van der Waals surface area (Å²) in [6.45, 7) is 6.85. The Balaban J connectivity index is 1.68. The van der Waals surface area contributed by atoms with Crippen LogP contribution in [0, 0.1) is 17.8 Å². The fourth-order valence-electron chi connectivity index (χ4n) is 3.76. The second-order valence-corrected chi connectivity index (χ2v) is 6.66. The normalized spacial score (nSPS) is 30.0. The first-order valence-electron chi connectivity index (χ1n) is 7.68. The molecule has 2 bridgehead atoms. The number of anilines is 1. The first-order valence-corrected chi connectivity index (χ1v) is 7.68. The van der Waals surface area contributed by atoms with E-state index in [2.05, 4.69) is 62.5 Å². The lowest BCUT2D eigenvalue weighted by Crippen LogP contribution is -2.28. The average Bonchev–Trinajstić information content (AvgIpc) is 3.01. The van der Waals surface area contributed by atoms with Crippen LogP contribution in [-0.4, -0.2) is 6.04 Å². The molecule has 1 fully saturated rings. The number of rotatable bonds is 4. The lowest BCUT2D eigenvalue weighted by Gasteiger charge is -2.27. The highest BCUT2D eigenvalue weighted by atomic mass is 14.9. The van der Waals surface area contributed by atoms with Crippen molar-refractivity contribution in [3.05, 3.63) is 42.0 Å². The molecule has 3 rings (SSSR count). The number of allylic oxidation sites excluding steroid dienone is 2. The third kappa shape index (κ3) is 2.56. The first kappa shape index (κ1) is 12.8. The minimum Gasteiger partial charge on any atom is -0.382 e. The zero-order valence-corrected chi connectivity index (χ0v) is 12.3. The Labute approximate surface area is 117 Å². The van der Waals surface area contributed by atoms with Gasteiger partial charge < -0.3 is 5.32 Å². The highest BCUT2D eigenvalue weighted by Crippen LogP contribution is 2.45. The summed E-state index contributed by atoms with van der Waals surface area (Å²) in [4.78, 5) is 0. The molecular weight excluding hydrogens is 230 g/mol. The summed E-state index contributed by atoms with van der Waals surface area (Å²) >= 11 is 0. The van der Waals surface area contributed by atoms with Crippen molar-refractivity contribution in [2.75, 3.05) is 5.32 Å². The van der Waals surface area contributed by atoms with Crippen molar-refractivity contribution in [1.82, 2.24) is 0 Å². The van der Waals surface area contributed by atoms with Gasteiger partial charge in [-0.05, 0) is 61.1 Å². The highest BCUT2D eigenvalue weighted by molar-refractivity contribution is 5.47. The molecule has 4 atom stereocenters. The number of hydrogen-bond donors (Lipinski definition) is 1. The summed E-state index contributed by atoms with van der Waals surface area (Å²) in [6, 6.07) is 9.48. The zero-order valence-electron chi connectivity index (χ0n) is 12.3. The molecule has 0 aliphatic heterocycles. The van der Waals surface area contributed by atoms with Gasteiger partial charge >= 0.3 is 0 Å². The fraction of sp³-hybridized carbons (Fsp3) is 0.556. The van der Waals surface area contributed by atoms with Gasteiger partial charge in [0, 0.05) is 11.7 Å². The Morgan fingerprint density at radius 1 is 1.11 bits per heavy atom. The molecule has 1 saturated carbocycles. The first-order chi connectivity index (χ1) is 9.13. The number of fused-ring (bicyclic) bond motifs is 2. The van der Waals surface area contributed by atoms with Crippen LogP contribution in [0.3, 0.4) is 0 Å². The summed E-state index contributed by atoms with van der Waals surface area (Å²) < 4.78 is 0. The van der Waals surface area contributed by atoms with E-state index in [1.165, 1.54) is 24.1 Å². The van der Waals surface area contributed by atoms with Crippen LogP contribution < -0.4 is 5.32 Å². The summed E-state index contributed by atoms with van der Waals surface area (Å²) in [5.74, 6) is 3.10. The molecule has 102 valence electrons. The molecule has 0 radical (unpaired) electrons. The van der Waals surface area contributed by atoms with Crippen molar-refractivity contribution >= 4 is 5.69 Å². The van der Waals surface area contributed by atoms with Gasteiger partial charge in [-0.1, -0.05) is 38.1 Å². The van der Waals surface area contributed by atoms with E-state index in [0.717, 1.165) is 17.8 Å². The fourth-order valence-corrected chi connectivity index (χ4v) is 3.76. The molecule has 1 aromatic rings. The SMILES string of the molecule is CC(C)c1cccc(NC(C)C2CC3C=CC2C3)c1. The molecule has 1 N–H and O–H groups in total. The lowest BCUT2D eigenvalue weighted by atomic mass is 9.87. The van der Waals surface area contributed by atoms with Gasteiger partial charge in [-0.25, -0.2) is 0 Å². The van der Waals surface area contributed by atoms with Crippen molar-refractivity contribution < 1.29 is 0 Å². The Morgan fingerprint density at radius 2 is 1.95 bits per heavy atom. The van der Waals surface area contributed by atoms with E-state index in [1.54, 1.807) is 0 Å². The predicted molar refractivity (Wildman–Crippen MR) is 82.5 cm³/mol. The molecule has 0 aromatic heterocycles. The molecular formula is C18H25N. The van der Waals surface area contributed by atoms with Crippen molar-refractivity contribution in [3.63, 3.8) is 0 Å². The Kier molecular flexibility index (Phi) is 3.38. The van der Waals surface area contributed by atoms with Gasteiger partial charge in [0.1, 0.15) is 0 Å². The van der Waals surface area contributed by atoms with Crippen LogP contribution in [0.25, 0.3) is 0 Å². The van der Waals surface area contributed by atoms with Gasteiger partial charge in [0.05, 0.1) is 0 Å². The van der Waals surface area contributed by atoms with Gasteiger partial charge in [-0.15, -0.1) is 0 Å². The molecule has 19 heavy (non-hydrogen) atoms. The van der Waals surface area contributed by atoms with Crippen LogP contribution in [0.2, 0.25) is 0 Å². The summed E-state index contributed by atoms with van der Waals surface area (Å²) in [5.41, 5.74) is 2.70. The molecule has 0 amide bonds.